The lowest BCUT2D eigenvalue weighted by Gasteiger charge is -2.26. The Bertz CT molecular complexity index is 482. The zero-order chi connectivity index (χ0) is 13.5. The molecule has 1 atom stereocenters. The molecule has 0 spiro atoms. The van der Waals surface area contributed by atoms with E-state index in [1.807, 2.05) is 33.8 Å². The molecule has 18 heavy (non-hydrogen) atoms. The number of amides is 1. The van der Waals surface area contributed by atoms with E-state index in [4.69, 9.17) is 16.3 Å². The molecule has 0 radical (unpaired) electrons. The number of halogens is 1. The van der Waals surface area contributed by atoms with E-state index >= 15 is 0 Å². The number of nitrogens with zero attached hydrogens (tertiary/aromatic N) is 2. The van der Waals surface area contributed by atoms with Crippen LogP contribution in [0.5, 0.6) is 0 Å². The number of hydrogen-bond donors (Lipinski definition) is 0. The summed E-state index contributed by atoms with van der Waals surface area (Å²) < 4.78 is 5.38. The number of pyridine rings is 1. The van der Waals surface area contributed by atoms with Crippen molar-refractivity contribution in [3.8, 4) is 0 Å². The maximum Gasteiger partial charge on any atom is 0.411 e. The van der Waals surface area contributed by atoms with Crippen LogP contribution in [0.1, 0.15) is 45.0 Å². The number of carbonyl (C=O) groups is 1. The summed E-state index contributed by atoms with van der Waals surface area (Å²) in [5.41, 5.74) is 1.39. The molecule has 0 aromatic carbocycles. The molecule has 1 aromatic heterocycles. The molecule has 1 amide bonds. The Morgan fingerprint density at radius 2 is 2.22 bits per heavy atom. The van der Waals surface area contributed by atoms with E-state index in [1.54, 1.807) is 11.1 Å². The third-order valence-electron chi connectivity index (χ3n) is 2.80. The summed E-state index contributed by atoms with van der Waals surface area (Å²) in [4.78, 5) is 18.0. The van der Waals surface area contributed by atoms with Crippen LogP contribution in [0.3, 0.4) is 0 Å². The fraction of sp³-hybridized carbons (Fsp3) is 0.538. The van der Waals surface area contributed by atoms with Gasteiger partial charge in [0.05, 0.1) is 23.3 Å². The SMILES string of the molecule is CC1c2ncc(Cl)cc2CN1C(=O)OC(C)(C)C. The van der Waals surface area contributed by atoms with E-state index in [-0.39, 0.29) is 12.1 Å². The summed E-state index contributed by atoms with van der Waals surface area (Å²) in [5.74, 6) is 0. The van der Waals surface area contributed by atoms with Gasteiger partial charge >= 0.3 is 6.09 Å². The third kappa shape index (κ3) is 2.58. The van der Waals surface area contributed by atoms with Crippen molar-refractivity contribution in [2.24, 2.45) is 0 Å². The summed E-state index contributed by atoms with van der Waals surface area (Å²) >= 11 is 5.91. The van der Waals surface area contributed by atoms with E-state index in [2.05, 4.69) is 4.98 Å². The molecule has 0 aliphatic carbocycles. The minimum absolute atomic E-state index is 0.0767. The highest BCUT2D eigenvalue weighted by Crippen LogP contribution is 2.33. The summed E-state index contributed by atoms with van der Waals surface area (Å²) in [6.45, 7) is 8.01. The molecule has 0 N–H and O–H groups in total. The van der Waals surface area contributed by atoms with Crippen LogP contribution >= 0.6 is 11.6 Å². The second-order valence-corrected chi connectivity index (χ2v) is 5.92. The van der Waals surface area contributed by atoms with Crippen molar-refractivity contribution >= 4 is 17.7 Å². The van der Waals surface area contributed by atoms with Crippen LogP contribution < -0.4 is 0 Å². The summed E-state index contributed by atoms with van der Waals surface area (Å²) in [6.07, 6.45) is 1.29. The largest absolute Gasteiger partial charge is 0.444 e. The molecule has 0 fully saturated rings. The number of rotatable bonds is 0. The van der Waals surface area contributed by atoms with Crippen LogP contribution in [-0.4, -0.2) is 21.6 Å². The smallest absolute Gasteiger partial charge is 0.411 e. The van der Waals surface area contributed by atoms with Crippen molar-refractivity contribution in [2.45, 2.75) is 45.9 Å². The van der Waals surface area contributed by atoms with Crippen molar-refractivity contribution in [1.29, 1.82) is 0 Å². The Morgan fingerprint density at radius 1 is 1.56 bits per heavy atom. The first-order chi connectivity index (χ1) is 8.28. The molecule has 1 aromatic rings. The van der Waals surface area contributed by atoms with Gasteiger partial charge in [0, 0.05) is 6.20 Å². The molecule has 5 heteroatoms. The Kier molecular flexibility index (Phi) is 3.23. The molecule has 0 saturated heterocycles. The normalized spacial score (nSPS) is 18.7. The number of carbonyl (C=O) groups excluding carboxylic acids is 1. The van der Waals surface area contributed by atoms with Gasteiger partial charge in [-0.1, -0.05) is 11.6 Å². The summed E-state index contributed by atoms with van der Waals surface area (Å²) in [5, 5.41) is 0.590. The van der Waals surface area contributed by atoms with Crippen molar-refractivity contribution in [3.63, 3.8) is 0 Å². The van der Waals surface area contributed by atoms with Crippen LogP contribution in [0.4, 0.5) is 4.79 Å². The quantitative estimate of drug-likeness (QED) is 0.723. The van der Waals surface area contributed by atoms with Crippen molar-refractivity contribution in [2.75, 3.05) is 0 Å². The summed E-state index contributed by atoms with van der Waals surface area (Å²) in [7, 11) is 0. The highest BCUT2D eigenvalue weighted by atomic mass is 35.5. The second kappa shape index (κ2) is 4.43. The molecule has 1 unspecified atom stereocenters. The Hall–Kier alpha value is -1.29. The number of hydrogen-bond acceptors (Lipinski definition) is 3. The molecule has 2 heterocycles. The lowest BCUT2D eigenvalue weighted by Crippen LogP contribution is -2.35. The molecular weight excluding hydrogens is 252 g/mol. The Balaban J connectivity index is 2.18. The van der Waals surface area contributed by atoms with Gasteiger partial charge in [-0.15, -0.1) is 0 Å². The maximum absolute atomic E-state index is 12.1. The highest BCUT2D eigenvalue weighted by Gasteiger charge is 2.34. The van der Waals surface area contributed by atoms with Crippen LogP contribution in [0.25, 0.3) is 0 Å². The molecule has 2 rings (SSSR count). The van der Waals surface area contributed by atoms with Crippen molar-refractivity contribution < 1.29 is 9.53 Å². The zero-order valence-corrected chi connectivity index (χ0v) is 11.8. The van der Waals surface area contributed by atoms with Gasteiger partial charge in [0.25, 0.3) is 0 Å². The van der Waals surface area contributed by atoms with Gasteiger partial charge in [-0.2, -0.15) is 0 Å². The first-order valence-corrected chi connectivity index (χ1v) is 6.29. The van der Waals surface area contributed by atoms with E-state index in [0.29, 0.717) is 11.6 Å². The van der Waals surface area contributed by atoms with Crippen LogP contribution in [0.2, 0.25) is 5.02 Å². The molecule has 98 valence electrons. The zero-order valence-electron chi connectivity index (χ0n) is 11.0. The minimum Gasteiger partial charge on any atom is -0.444 e. The summed E-state index contributed by atoms with van der Waals surface area (Å²) in [6, 6.07) is 1.78. The predicted molar refractivity (Wildman–Crippen MR) is 69.4 cm³/mol. The maximum atomic E-state index is 12.1. The average molecular weight is 269 g/mol. The standard InChI is InChI=1S/C13H17ClN2O2/c1-8-11-9(5-10(14)6-15-11)7-16(8)12(17)18-13(2,3)4/h5-6,8H,7H2,1-4H3. The first-order valence-electron chi connectivity index (χ1n) is 5.92. The van der Waals surface area contributed by atoms with Crippen LogP contribution in [-0.2, 0) is 11.3 Å². The number of ether oxygens (including phenoxy) is 1. The van der Waals surface area contributed by atoms with Gasteiger partial charge < -0.3 is 4.74 Å². The van der Waals surface area contributed by atoms with Gasteiger partial charge in [0.15, 0.2) is 0 Å². The Labute approximate surface area is 112 Å². The van der Waals surface area contributed by atoms with Gasteiger partial charge in [-0.25, -0.2) is 4.79 Å². The molecule has 0 saturated carbocycles. The average Bonchev–Trinajstić information content (AvgIpc) is 2.53. The Morgan fingerprint density at radius 3 is 2.83 bits per heavy atom. The topological polar surface area (TPSA) is 42.4 Å². The van der Waals surface area contributed by atoms with Gasteiger partial charge in [-0.3, -0.25) is 9.88 Å². The minimum atomic E-state index is -0.489. The van der Waals surface area contributed by atoms with E-state index in [0.717, 1.165) is 11.3 Å². The van der Waals surface area contributed by atoms with Crippen molar-refractivity contribution in [3.05, 3.63) is 28.5 Å². The first kappa shape index (κ1) is 13.1. The molecule has 1 aliphatic heterocycles. The van der Waals surface area contributed by atoms with Gasteiger partial charge in [-0.05, 0) is 39.3 Å². The predicted octanol–water partition coefficient (Wildman–Crippen LogP) is 3.55. The lowest BCUT2D eigenvalue weighted by atomic mass is 10.2. The third-order valence-corrected chi connectivity index (χ3v) is 3.01. The van der Waals surface area contributed by atoms with Crippen LogP contribution in [0.15, 0.2) is 12.3 Å². The second-order valence-electron chi connectivity index (χ2n) is 5.48. The van der Waals surface area contributed by atoms with Gasteiger partial charge in [0.1, 0.15) is 5.60 Å². The molecule has 4 nitrogen and oxygen atoms in total. The van der Waals surface area contributed by atoms with Crippen molar-refractivity contribution in [1.82, 2.24) is 9.88 Å². The highest BCUT2D eigenvalue weighted by molar-refractivity contribution is 6.30. The number of aromatic nitrogens is 1. The van der Waals surface area contributed by atoms with E-state index < -0.39 is 5.60 Å². The fourth-order valence-corrected chi connectivity index (χ4v) is 2.19. The molecule has 1 aliphatic rings. The molecule has 0 bridgehead atoms. The number of fused-ring (bicyclic) bond motifs is 1. The van der Waals surface area contributed by atoms with Gasteiger partial charge in [0.2, 0.25) is 0 Å². The monoisotopic (exact) mass is 268 g/mol. The molecular formula is C13H17ClN2O2. The fourth-order valence-electron chi connectivity index (χ4n) is 2.01. The van der Waals surface area contributed by atoms with E-state index in [1.165, 1.54) is 0 Å². The van der Waals surface area contributed by atoms with Crippen LogP contribution in [0, 0.1) is 0 Å². The van der Waals surface area contributed by atoms with E-state index in [9.17, 15) is 4.79 Å². The lowest BCUT2D eigenvalue weighted by molar-refractivity contribution is 0.0185.